The van der Waals surface area contributed by atoms with E-state index in [4.69, 9.17) is 18.9 Å². The Balaban J connectivity index is -0.000000162. The van der Waals surface area contributed by atoms with Gasteiger partial charge in [0.1, 0.15) is 24.1 Å². The highest BCUT2D eigenvalue weighted by Crippen LogP contribution is 2.21. The number of halogens is 1. The summed E-state index contributed by atoms with van der Waals surface area (Å²) in [4.78, 5) is 50.7. The minimum atomic E-state index is -0.731. The first-order valence-electron chi connectivity index (χ1n) is 13.7. The van der Waals surface area contributed by atoms with Gasteiger partial charge in [-0.2, -0.15) is 0 Å². The molecule has 12 heteroatoms. The van der Waals surface area contributed by atoms with E-state index >= 15 is 0 Å². The molecule has 51 heavy (non-hydrogen) atoms. The first kappa shape index (κ1) is 78.0. The molecule has 0 bridgehead atoms. The molecule has 0 saturated carbocycles. The molecule has 4 atom stereocenters. The van der Waals surface area contributed by atoms with Gasteiger partial charge in [0.05, 0.1) is 25.4 Å². The van der Waals surface area contributed by atoms with Crippen molar-refractivity contribution < 1.29 is 43.6 Å². The maximum absolute atomic E-state index is 13.0. The van der Waals surface area contributed by atoms with Gasteiger partial charge in [-0.1, -0.05) is 127 Å². The quantitative estimate of drug-likeness (QED) is 0.0413. The lowest BCUT2D eigenvalue weighted by atomic mass is 10.1. The average molecular weight is 823 g/mol. The third-order valence-electron chi connectivity index (χ3n) is 5.81. The number of thioether (sulfide) groups is 1. The Labute approximate surface area is 329 Å². The summed E-state index contributed by atoms with van der Waals surface area (Å²) in [5.41, 5.74) is 0. The molecule has 0 aromatic heterocycles. The normalized spacial score (nSPS) is 11.2. The van der Waals surface area contributed by atoms with E-state index in [-0.39, 0.29) is 116 Å². The maximum atomic E-state index is 13.0. The predicted octanol–water partition coefficient (Wildman–Crippen LogP) is 11.3. The molecule has 10 nitrogen and oxygen atoms in total. The third kappa shape index (κ3) is 38.8. The number of allylic oxidation sites excluding steroid dienone is 1. The molecule has 0 amide bonds. The van der Waals surface area contributed by atoms with Gasteiger partial charge in [-0.3, -0.25) is 19.2 Å². The number of Topliss-reactive ketones (excluding diaryl/α,β-unsaturated/α-hetero) is 1. The number of benzene rings is 1. The van der Waals surface area contributed by atoms with E-state index in [1.807, 2.05) is 56.3 Å². The van der Waals surface area contributed by atoms with Crippen molar-refractivity contribution in [1.29, 1.82) is 0 Å². The molecule has 312 valence electrons. The van der Waals surface area contributed by atoms with Crippen molar-refractivity contribution in [1.82, 2.24) is 6.15 Å². The second-order valence-corrected chi connectivity index (χ2v) is 11.2. The fourth-order valence-corrected chi connectivity index (χ4v) is 5.04. The average Bonchev–Trinajstić information content (AvgIpc) is 2.91. The van der Waals surface area contributed by atoms with Gasteiger partial charge < -0.3 is 30.6 Å². The van der Waals surface area contributed by atoms with Gasteiger partial charge in [-0.05, 0) is 38.3 Å². The van der Waals surface area contributed by atoms with Crippen molar-refractivity contribution in [3.63, 3.8) is 0 Å². The molecule has 0 heterocycles. The Kier molecular flexibility index (Phi) is 73.0. The van der Waals surface area contributed by atoms with E-state index in [1.54, 1.807) is 18.9 Å². The first-order valence-corrected chi connectivity index (χ1v) is 15.8. The van der Waals surface area contributed by atoms with Gasteiger partial charge in [-0.25, -0.2) is 0 Å². The zero-order chi connectivity index (χ0) is 29.8. The highest BCUT2D eigenvalue weighted by molar-refractivity contribution is 9.09. The molecule has 0 aliphatic carbocycles. The summed E-state index contributed by atoms with van der Waals surface area (Å²) < 4.78 is 22.1. The van der Waals surface area contributed by atoms with Crippen LogP contribution in [0.3, 0.4) is 0 Å². The molecule has 4 unspecified atom stereocenters. The van der Waals surface area contributed by atoms with Crippen LogP contribution in [0.1, 0.15) is 139 Å². The van der Waals surface area contributed by atoms with Crippen molar-refractivity contribution in [3.05, 3.63) is 42.5 Å². The SMILES string of the molecule is C.C.C.C.C.C.C.C.C.CCC=CCC(CC(=O)OC(CCSc1ccccc1)CC(=O)OC(CBr)CC(C)=O)OC(=O)CC(CC)OC.N.O. The molecule has 1 aromatic rings. The highest BCUT2D eigenvalue weighted by Gasteiger charge is 2.25. The molecule has 5 N–H and O–H groups in total. The Hall–Kier alpha value is -2.25. The number of carbonyl (C=O) groups is 4. The van der Waals surface area contributed by atoms with E-state index in [2.05, 4.69) is 15.9 Å². The Morgan fingerprint density at radius 1 is 0.706 bits per heavy atom. The van der Waals surface area contributed by atoms with E-state index < -0.39 is 36.2 Å². The summed E-state index contributed by atoms with van der Waals surface area (Å²) in [5.74, 6) is -1.04. The molecule has 0 aliphatic heterocycles. The van der Waals surface area contributed by atoms with Crippen LogP contribution in [0.15, 0.2) is 47.4 Å². The van der Waals surface area contributed by atoms with Crippen molar-refractivity contribution in [2.45, 2.75) is 168 Å². The molecule has 0 spiro atoms. The first-order chi connectivity index (χ1) is 19.2. The number of ether oxygens (including phenoxy) is 4. The predicted molar refractivity (Wildman–Crippen MR) is 229 cm³/mol. The van der Waals surface area contributed by atoms with Crippen LogP contribution in [0.4, 0.5) is 0 Å². The molecular formula is C39H84BrNO9S. The van der Waals surface area contributed by atoms with E-state index in [0.29, 0.717) is 30.3 Å². The zero-order valence-corrected chi connectivity index (χ0v) is 27.6. The van der Waals surface area contributed by atoms with Crippen molar-refractivity contribution in [2.75, 3.05) is 18.2 Å². The fourth-order valence-electron chi connectivity index (χ4n) is 3.72. The van der Waals surface area contributed by atoms with Crippen molar-refractivity contribution in [3.8, 4) is 0 Å². The standard InChI is InChI=1S/C30H43BrO8S.9CH4.H3N.H2O/c1-5-7-9-12-24(37-28(33)18-23(6-2)36-4)19-29(34)38-25(15-16-40-27-13-10-8-11-14-27)20-30(35)39-26(21-31)17-22(3)32;;;;;;;;;;;/h7-11,13-14,23-26H,5-6,12,15-21H2,1-4H3;9*1H4;1H3;1H2. The second kappa shape index (κ2) is 47.8. The Bertz CT molecular complexity index is 933. The van der Waals surface area contributed by atoms with Gasteiger partial charge in [0.25, 0.3) is 0 Å². The monoisotopic (exact) mass is 822 g/mol. The van der Waals surface area contributed by atoms with E-state index in [9.17, 15) is 19.2 Å². The van der Waals surface area contributed by atoms with Crippen molar-refractivity contribution >= 4 is 51.4 Å². The number of esters is 3. The van der Waals surface area contributed by atoms with Gasteiger partial charge in [0.15, 0.2) is 0 Å². The van der Waals surface area contributed by atoms with E-state index in [0.717, 1.165) is 11.3 Å². The number of methoxy groups -OCH3 is 1. The van der Waals surface area contributed by atoms with Crippen LogP contribution >= 0.6 is 27.7 Å². The molecular weight excluding hydrogens is 738 g/mol. The summed E-state index contributed by atoms with van der Waals surface area (Å²) in [7, 11) is 1.54. The fraction of sp³-hybridized carbons (Fsp3) is 0.692. The van der Waals surface area contributed by atoms with Gasteiger partial charge >= 0.3 is 17.9 Å². The smallest absolute Gasteiger partial charge is 0.309 e. The largest absolute Gasteiger partial charge is 0.462 e. The van der Waals surface area contributed by atoms with Crippen molar-refractivity contribution in [2.24, 2.45) is 0 Å². The number of rotatable bonds is 21. The topological polar surface area (TPSA) is 172 Å². The summed E-state index contributed by atoms with van der Waals surface area (Å²) >= 11 is 4.86. The van der Waals surface area contributed by atoms with Crippen LogP contribution in [0.5, 0.6) is 0 Å². The lowest BCUT2D eigenvalue weighted by Gasteiger charge is -2.22. The van der Waals surface area contributed by atoms with Crippen LogP contribution < -0.4 is 6.15 Å². The number of ketones is 1. The highest BCUT2D eigenvalue weighted by atomic mass is 79.9. The van der Waals surface area contributed by atoms with E-state index in [1.165, 1.54) is 6.92 Å². The number of alkyl halides is 1. The molecule has 1 aromatic carbocycles. The van der Waals surface area contributed by atoms with Crippen LogP contribution in [0, 0.1) is 0 Å². The lowest BCUT2D eigenvalue weighted by Crippen LogP contribution is -2.30. The summed E-state index contributed by atoms with van der Waals surface area (Å²) in [5, 5.41) is 0.326. The Morgan fingerprint density at radius 2 is 1.16 bits per heavy atom. The van der Waals surface area contributed by atoms with Crippen LogP contribution in [-0.4, -0.2) is 71.8 Å². The lowest BCUT2D eigenvalue weighted by molar-refractivity contribution is -0.161. The molecule has 0 fully saturated rings. The number of hydrogen-bond donors (Lipinski definition) is 1. The van der Waals surface area contributed by atoms with Crippen LogP contribution in [0.2, 0.25) is 0 Å². The second-order valence-electron chi connectivity index (χ2n) is 9.34. The van der Waals surface area contributed by atoms with Crippen LogP contribution in [0.25, 0.3) is 0 Å². The van der Waals surface area contributed by atoms with Gasteiger partial charge in [0, 0.05) is 35.9 Å². The summed E-state index contributed by atoms with van der Waals surface area (Å²) in [6.45, 7) is 5.34. The van der Waals surface area contributed by atoms with Crippen LogP contribution in [-0.2, 0) is 38.1 Å². The molecule has 0 saturated heterocycles. The molecule has 0 radical (unpaired) electrons. The molecule has 0 aliphatic rings. The Morgan fingerprint density at radius 3 is 1.59 bits per heavy atom. The minimum absolute atomic E-state index is 0. The number of carbonyl (C=O) groups excluding carboxylic acids is 4. The maximum Gasteiger partial charge on any atom is 0.309 e. The third-order valence-corrected chi connectivity index (χ3v) is 7.57. The van der Waals surface area contributed by atoms with Gasteiger partial charge in [0.2, 0.25) is 0 Å². The summed E-state index contributed by atoms with van der Waals surface area (Å²) in [6.07, 6.45) is 3.71. The zero-order valence-electron chi connectivity index (χ0n) is 25.2. The summed E-state index contributed by atoms with van der Waals surface area (Å²) in [6, 6.07) is 9.78. The number of hydrogen-bond acceptors (Lipinski definition) is 10. The van der Waals surface area contributed by atoms with Gasteiger partial charge in [-0.15, -0.1) is 11.8 Å². The molecule has 1 rings (SSSR count). The minimum Gasteiger partial charge on any atom is -0.462 e.